The Kier molecular flexibility index (Phi) is 8.87. The molecule has 2 aromatic carbocycles. The molecule has 0 saturated carbocycles. The number of hydrogen-bond donors (Lipinski definition) is 3. The number of anilines is 1. The number of nitrogens with zero attached hydrogens (tertiary/aromatic N) is 1. The van der Waals surface area contributed by atoms with Crippen LogP contribution in [0.15, 0.2) is 30.3 Å². The van der Waals surface area contributed by atoms with Gasteiger partial charge in [-0.25, -0.2) is 4.39 Å². The van der Waals surface area contributed by atoms with Crippen LogP contribution in [0.1, 0.15) is 65.2 Å². The minimum Gasteiger partial charge on any atom is -0.329 e. The average Bonchev–Trinajstić information content (AvgIpc) is 3.16. The first-order valence-electron chi connectivity index (χ1n) is 11.9. The monoisotopic (exact) mass is 536 g/mol. The van der Waals surface area contributed by atoms with Crippen LogP contribution in [0.5, 0.6) is 0 Å². The molecule has 4 amide bonds. The van der Waals surface area contributed by atoms with Gasteiger partial charge in [-0.2, -0.15) is 13.2 Å². The normalized spacial score (nSPS) is 17.1. The summed E-state index contributed by atoms with van der Waals surface area (Å²) in [6.07, 6.45) is -3.58. The highest BCUT2D eigenvalue weighted by molar-refractivity contribution is 6.05. The van der Waals surface area contributed by atoms with Crippen molar-refractivity contribution in [3.8, 4) is 0 Å². The number of rotatable bonds is 6. The van der Waals surface area contributed by atoms with Gasteiger partial charge in [0, 0.05) is 29.8 Å². The lowest BCUT2D eigenvalue weighted by atomic mass is 9.99. The predicted molar refractivity (Wildman–Crippen MR) is 130 cm³/mol. The lowest BCUT2D eigenvalue weighted by Crippen LogP contribution is -2.52. The third kappa shape index (κ3) is 6.55. The zero-order valence-corrected chi connectivity index (χ0v) is 21.0. The van der Waals surface area contributed by atoms with Gasteiger partial charge in [-0.3, -0.25) is 24.5 Å². The van der Waals surface area contributed by atoms with Crippen molar-refractivity contribution in [2.24, 2.45) is 0 Å². The Balaban J connectivity index is 0.000000223. The Labute approximate surface area is 216 Å². The summed E-state index contributed by atoms with van der Waals surface area (Å²) < 4.78 is 51.8. The number of amides is 4. The number of halogens is 4. The van der Waals surface area contributed by atoms with Crippen molar-refractivity contribution in [1.82, 2.24) is 15.5 Å². The van der Waals surface area contributed by atoms with Gasteiger partial charge in [-0.05, 0) is 60.8 Å². The van der Waals surface area contributed by atoms with E-state index in [-0.39, 0.29) is 42.8 Å². The SMILES string of the molecule is CC(C)c1cc(NC=O)cc(C(F)(F)F)c1.CNCc1cc(F)c2c(c1)C(=O)N(C1CCC(=O)NC1=O)C2. The van der Waals surface area contributed by atoms with E-state index < -0.39 is 29.5 Å². The Morgan fingerprint density at radius 2 is 1.84 bits per heavy atom. The summed E-state index contributed by atoms with van der Waals surface area (Å²) in [5.74, 6) is -1.66. The van der Waals surface area contributed by atoms with E-state index in [1.807, 2.05) is 0 Å². The highest BCUT2D eigenvalue weighted by atomic mass is 19.4. The molecule has 1 fully saturated rings. The number of carbonyl (C=O) groups excluding carboxylic acids is 4. The van der Waals surface area contributed by atoms with Crippen molar-refractivity contribution in [2.45, 2.75) is 57.9 Å². The van der Waals surface area contributed by atoms with Gasteiger partial charge < -0.3 is 15.5 Å². The van der Waals surface area contributed by atoms with Crippen LogP contribution in [0, 0.1) is 5.82 Å². The molecule has 1 unspecified atom stereocenters. The summed E-state index contributed by atoms with van der Waals surface area (Å²) >= 11 is 0. The van der Waals surface area contributed by atoms with Crippen molar-refractivity contribution >= 4 is 29.8 Å². The van der Waals surface area contributed by atoms with Gasteiger partial charge >= 0.3 is 6.18 Å². The average molecular weight is 537 g/mol. The van der Waals surface area contributed by atoms with E-state index in [9.17, 15) is 36.7 Å². The second-order valence-electron chi connectivity index (χ2n) is 9.29. The number of imide groups is 1. The minimum atomic E-state index is -4.40. The third-order valence-electron chi connectivity index (χ3n) is 6.22. The number of benzene rings is 2. The van der Waals surface area contributed by atoms with Crippen molar-refractivity contribution in [3.05, 3.63) is 64.0 Å². The predicted octanol–water partition coefficient (Wildman–Crippen LogP) is 3.70. The van der Waals surface area contributed by atoms with E-state index in [0.29, 0.717) is 35.2 Å². The van der Waals surface area contributed by atoms with E-state index in [0.717, 1.165) is 12.1 Å². The van der Waals surface area contributed by atoms with Crippen LogP contribution in [-0.2, 0) is 33.6 Å². The molecule has 1 atom stereocenters. The molecule has 2 aliphatic heterocycles. The van der Waals surface area contributed by atoms with Crippen LogP contribution >= 0.6 is 0 Å². The fourth-order valence-electron chi connectivity index (χ4n) is 4.28. The van der Waals surface area contributed by atoms with Crippen LogP contribution in [0.3, 0.4) is 0 Å². The number of alkyl halides is 3. The zero-order chi connectivity index (χ0) is 28.2. The Bertz CT molecular complexity index is 1250. The van der Waals surface area contributed by atoms with Gasteiger partial charge in [0.15, 0.2) is 0 Å². The second-order valence-corrected chi connectivity index (χ2v) is 9.29. The fraction of sp³-hybridized carbons (Fsp3) is 0.385. The summed E-state index contributed by atoms with van der Waals surface area (Å²) in [7, 11) is 1.74. The first kappa shape index (κ1) is 28.8. The molecule has 0 spiro atoms. The maximum atomic E-state index is 14.2. The molecule has 2 aromatic rings. The quantitative estimate of drug-likeness (QED) is 0.297. The van der Waals surface area contributed by atoms with Crippen LogP contribution < -0.4 is 16.0 Å². The highest BCUT2D eigenvalue weighted by Crippen LogP contribution is 2.34. The molecule has 2 heterocycles. The molecule has 8 nitrogen and oxygen atoms in total. The van der Waals surface area contributed by atoms with Gasteiger partial charge in [0.05, 0.1) is 12.1 Å². The van der Waals surface area contributed by atoms with E-state index >= 15 is 0 Å². The van der Waals surface area contributed by atoms with Gasteiger partial charge in [0.1, 0.15) is 11.9 Å². The van der Waals surface area contributed by atoms with Gasteiger partial charge in [-0.15, -0.1) is 0 Å². The molecule has 1 saturated heterocycles. The van der Waals surface area contributed by atoms with Crippen LogP contribution in [-0.4, -0.2) is 42.1 Å². The lowest BCUT2D eigenvalue weighted by Gasteiger charge is -2.29. The molecule has 0 bridgehead atoms. The maximum absolute atomic E-state index is 14.2. The van der Waals surface area contributed by atoms with Gasteiger partial charge in [-0.1, -0.05) is 13.8 Å². The number of hydrogen-bond acceptors (Lipinski definition) is 5. The summed E-state index contributed by atoms with van der Waals surface area (Å²) in [5, 5.41) is 7.37. The molecular weight excluding hydrogens is 508 g/mol. The summed E-state index contributed by atoms with van der Waals surface area (Å²) in [4.78, 5) is 47.2. The standard InChI is InChI=1S/C15H16FN3O3.C11H12F3NO/c1-17-6-8-4-9-10(11(16)5-8)7-19(15(9)22)12-2-3-13(20)18-14(12)21;1-7(2)8-3-9(11(12,13)14)5-10(4-8)15-6-16/h4-5,12,17H,2-3,6-7H2,1H3,(H,18,20,21);3-7H,1-2H3,(H,15,16). The van der Waals surface area contributed by atoms with Crippen molar-refractivity contribution < 1.29 is 36.7 Å². The molecule has 38 heavy (non-hydrogen) atoms. The smallest absolute Gasteiger partial charge is 0.329 e. The van der Waals surface area contributed by atoms with E-state index in [1.165, 1.54) is 17.0 Å². The Morgan fingerprint density at radius 1 is 1.13 bits per heavy atom. The number of fused-ring (bicyclic) bond motifs is 1. The fourth-order valence-corrected chi connectivity index (χ4v) is 4.28. The molecule has 3 N–H and O–H groups in total. The van der Waals surface area contributed by atoms with Crippen LogP contribution in [0.2, 0.25) is 0 Å². The topological polar surface area (TPSA) is 108 Å². The number of piperidine rings is 1. The summed E-state index contributed by atoms with van der Waals surface area (Å²) in [5.41, 5.74) is 1.25. The lowest BCUT2D eigenvalue weighted by molar-refractivity contribution is -0.138. The molecule has 0 radical (unpaired) electrons. The molecule has 4 rings (SSSR count). The molecule has 0 aromatic heterocycles. The summed E-state index contributed by atoms with van der Waals surface area (Å²) in [6.45, 7) is 4.10. The van der Waals surface area contributed by atoms with Gasteiger partial charge in [0.2, 0.25) is 18.2 Å². The molecular formula is C26H28F4N4O4. The summed E-state index contributed by atoms with van der Waals surface area (Å²) in [6, 6.07) is 5.89. The molecule has 2 aliphatic rings. The Hall–Kier alpha value is -3.80. The minimum absolute atomic E-state index is 0.0329. The van der Waals surface area contributed by atoms with E-state index in [4.69, 9.17) is 0 Å². The van der Waals surface area contributed by atoms with E-state index in [2.05, 4.69) is 16.0 Å². The highest BCUT2D eigenvalue weighted by Gasteiger charge is 2.40. The number of nitrogens with one attached hydrogen (secondary N) is 3. The largest absolute Gasteiger partial charge is 0.416 e. The van der Waals surface area contributed by atoms with Crippen LogP contribution in [0.25, 0.3) is 0 Å². The Morgan fingerprint density at radius 3 is 2.42 bits per heavy atom. The number of carbonyl (C=O) groups is 4. The van der Waals surface area contributed by atoms with Crippen LogP contribution in [0.4, 0.5) is 23.2 Å². The third-order valence-corrected chi connectivity index (χ3v) is 6.22. The molecule has 204 valence electrons. The van der Waals surface area contributed by atoms with Gasteiger partial charge in [0.25, 0.3) is 5.91 Å². The molecule has 0 aliphatic carbocycles. The van der Waals surface area contributed by atoms with Crippen molar-refractivity contribution in [3.63, 3.8) is 0 Å². The second kappa shape index (κ2) is 11.7. The maximum Gasteiger partial charge on any atom is 0.416 e. The zero-order valence-electron chi connectivity index (χ0n) is 21.0. The molecule has 12 heteroatoms. The first-order chi connectivity index (χ1) is 17.8. The first-order valence-corrected chi connectivity index (χ1v) is 11.9. The van der Waals surface area contributed by atoms with Crippen molar-refractivity contribution in [2.75, 3.05) is 12.4 Å². The van der Waals surface area contributed by atoms with E-state index in [1.54, 1.807) is 27.0 Å². The van der Waals surface area contributed by atoms with Crippen molar-refractivity contribution in [1.29, 1.82) is 0 Å².